The third kappa shape index (κ3) is 4.61. The molecule has 1 N–H and O–H groups in total. The van der Waals surface area contributed by atoms with Crippen molar-refractivity contribution in [3.63, 3.8) is 0 Å². The maximum Gasteiger partial charge on any atom is 0.224 e. The van der Waals surface area contributed by atoms with E-state index in [4.69, 9.17) is 4.74 Å². The molecule has 1 fully saturated rings. The second-order valence-corrected chi connectivity index (χ2v) is 10.5. The van der Waals surface area contributed by atoms with Gasteiger partial charge in [-0.2, -0.15) is 5.10 Å². The number of piperidine rings is 1. The van der Waals surface area contributed by atoms with Crippen LogP contribution in [0.4, 0.5) is 0 Å². The molecule has 1 saturated heterocycles. The van der Waals surface area contributed by atoms with Crippen LogP contribution in [0.3, 0.4) is 0 Å². The van der Waals surface area contributed by atoms with E-state index in [1.54, 1.807) is 24.3 Å². The van der Waals surface area contributed by atoms with Crippen molar-refractivity contribution in [2.75, 3.05) is 26.2 Å². The van der Waals surface area contributed by atoms with Crippen LogP contribution in [0.15, 0.2) is 70.6 Å². The van der Waals surface area contributed by atoms with Gasteiger partial charge in [0.15, 0.2) is 5.03 Å². The molecule has 0 spiro atoms. The van der Waals surface area contributed by atoms with Gasteiger partial charge in [-0.05, 0) is 75.0 Å². The molecule has 0 radical (unpaired) electrons. The van der Waals surface area contributed by atoms with Crippen LogP contribution in [0, 0.1) is 0 Å². The Morgan fingerprint density at radius 3 is 2.61 bits per heavy atom. The summed E-state index contributed by atoms with van der Waals surface area (Å²) < 4.78 is 33.1. The third-order valence-electron chi connectivity index (χ3n) is 6.38. The second-order valence-electron chi connectivity index (χ2n) is 8.67. The zero-order valence-corrected chi connectivity index (χ0v) is 19.5. The van der Waals surface area contributed by atoms with Crippen molar-refractivity contribution in [3.05, 3.63) is 60.7 Å². The number of aromatic nitrogens is 2. The Kier molecular flexibility index (Phi) is 6.33. The molecule has 0 amide bonds. The standard InChI is InChI=1S/C26H29N3O3S/c30-33(31,25-12-8-10-20-9-2-3-11-22(20)25)26-23-19-21(13-14-24(23)27-28-26)32-18-7-6-17-29-15-4-1-5-16-29/h2-3,8-14,19H,1,4-7,15-18H2,(H,27,28). The van der Waals surface area contributed by atoms with E-state index in [0.29, 0.717) is 28.6 Å². The van der Waals surface area contributed by atoms with Crippen LogP contribution in [-0.4, -0.2) is 49.8 Å². The van der Waals surface area contributed by atoms with E-state index in [0.717, 1.165) is 24.8 Å². The summed E-state index contributed by atoms with van der Waals surface area (Å²) in [5, 5.41) is 9.22. The van der Waals surface area contributed by atoms with E-state index in [-0.39, 0.29) is 9.92 Å². The number of likely N-dealkylation sites (tertiary alicyclic amines) is 1. The van der Waals surface area contributed by atoms with Gasteiger partial charge in [-0.1, -0.05) is 42.8 Å². The number of nitrogens with zero attached hydrogens (tertiary/aromatic N) is 2. The lowest BCUT2D eigenvalue weighted by Crippen LogP contribution is -2.30. The number of hydrogen-bond donors (Lipinski definition) is 1. The van der Waals surface area contributed by atoms with Gasteiger partial charge in [0.25, 0.3) is 0 Å². The van der Waals surface area contributed by atoms with E-state index in [2.05, 4.69) is 15.1 Å². The zero-order chi connectivity index (χ0) is 22.7. The highest BCUT2D eigenvalue weighted by Gasteiger charge is 2.25. The fraction of sp³-hybridized carbons (Fsp3) is 0.346. The van der Waals surface area contributed by atoms with Crippen molar-refractivity contribution < 1.29 is 13.2 Å². The predicted octanol–water partition coefficient (Wildman–Crippen LogP) is 5.19. The number of benzene rings is 3. The fourth-order valence-electron chi connectivity index (χ4n) is 4.61. The highest BCUT2D eigenvalue weighted by molar-refractivity contribution is 7.91. The number of rotatable bonds is 8. The molecule has 4 aromatic rings. The Morgan fingerprint density at radius 1 is 0.909 bits per heavy atom. The van der Waals surface area contributed by atoms with Gasteiger partial charge in [0.05, 0.1) is 17.0 Å². The van der Waals surface area contributed by atoms with Crippen LogP contribution >= 0.6 is 0 Å². The van der Waals surface area contributed by atoms with Crippen molar-refractivity contribution in [1.82, 2.24) is 15.1 Å². The van der Waals surface area contributed by atoms with Crippen LogP contribution in [0.1, 0.15) is 32.1 Å². The minimum atomic E-state index is -3.79. The van der Waals surface area contributed by atoms with E-state index >= 15 is 0 Å². The number of ether oxygens (including phenoxy) is 1. The predicted molar refractivity (Wildman–Crippen MR) is 131 cm³/mol. The minimum absolute atomic E-state index is 0.101. The average molecular weight is 464 g/mol. The molecule has 0 unspecified atom stereocenters. The van der Waals surface area contributed by atoms with E-state index in [1.165, 1.54) is 32.4 Å². The first-order chi connectivity index (χ1) is 16.1. The van der Waals surface area contributed by atoms with E-state index in [9.17, 15) is 8.42 Å². The molecule has 1 aromatic heterocycles. The quantitative estimate of drug-likeness (QED) is 0.364. The molecule has 7 heteroatoms. The van der Waals surface area contributed by atoms with Gasteiger partial charge in [-0.15, -0.1) is 0 Å². The number of fused-ring (bicyclic) bond motifs is 2. The fourth-order valence-corrected chi connectivity index (χ4v) is 6.18. The smallest absolute Gasteiger partial charge is 0.224 e. The number of H-pyrrole nitrogens is 1. The lowest BCUT2D eigenvalue weighted by molar-refractivity contribution is 0.216. The highest BCUT2D eigenvalue weighted by atomic mass is 32.2. The SMILES string of the molecule is O=S(=O)(c1cccc2ccccc12)c1[nH]nc2ccc(OCCCCN3CCCCC3)cc12. The Labute approximate surface area is 194 Å². The van der Waals surface area contributed by atoms with Gasteiger partial charge in [0.1, 0.15) is 5.75 Å². The summed E-state index contributed by atoms with van der Waals surface area (Å²) in [6.07, 6.45) is 6.06. The van der Waals surface area contributed by atoms with Crippen LogP contribution in [-0.2, 0) is 9.84 Å². The monoisotopic (exact) mass is 463 g/mol. The summed E-state index contributed by atoms with van der Waals surface area (Å²) >= 11 is 0. The summed E-state index contributed by atoms with van der Waals surface area (Å²) in [6, 6.07) is 18.3. The van der Waals surface area contributed by atoms with Crippen molar-refractivity contribution in [2.45, 2.75) is 42.0 Å². The highest BCUT2D eigenvalue weighted by Crippen LogP contribution is 2.32. The normalized spacial score (nSPS) is 15.3. The number of unbranched alkanes of at least 4 members (excludes halogenated alkanes) is 1. The van der Waals surface area contributed by atoms with Crippen molar-refractivity contribution in [2.24, 2.45) is 0 Å². The molecule has 1 aliphatic rings. The maximum atomic E-state index is 13.6. The van der Waals surface area contributed by atoms with Gasteiger partial charge >= 0.3 is 0 Å². The largest absolute Gasteiger partial charge is 0.494 e. The molecule has 3 aromatic carbocycles. The minimum Gasteiger partial charge on any atom is -0.494 e. The first kappa shape index (κ1) is 21.9. The summed E-state index contributed by atoms with van der Waals surface area (Å²) in [7, 11) is -3.79. The lowest BCUT2D eigenvalue weighted by Gasteiger charge is -2.26. The van der Waals surface area contributed by atoms with Crippen molar-refractivity contribution >= 4 is 31.5 Å². The lowest BCUT2D eigenvalue weighted by atomic mass is 10.1. The van der Waals surface area contributed by atoms with Crippen molar-refractivity contribution in [3.8, 4) is 5.75 Å². The summed E-state index contributed by atoms with van der Waals surface area (Å²) in [5.41, 5.74) is 0.603. The Bertz CT molecular complexity index is 1350. The first-order valence-corrected chi connectivity index (χ1v) is 13.2. The topological polar surface area (TPSA) is 75.3 Å². The molecular weight excluding hydrogens is 434 g/mol. The number of hydrogen-bond acceptors (Lipinski definition) is 5. The van der Waals surface area contributed by atoms with Crippen molar-refractivity contribution in [1.29, 1.82) is 0 Å². The zero-order valence-electron chi connectivity index (χ0n) is 18.7. The van der Waals surface area contributed by atoms with Gasteiger partial charge in [-0.3, -0.25) is 5.10 Å². The van der Waals surface area contributed by atoms with E-state index in [1.807, 2.05) is 36.4 Å². The van der Waals surface area contributed by atoms with Gasteiger partial charge in [0.2, 0.25) is 9.84 Å². The Balaban J connectivity index is 1.33. The van der Waals surface area contributed by atoms with Crippen LogP contribution in [0.2, 0.25) is 0 Å². The van der Waals surface area contributed by atoms with E-state index < -0.39 is 9.84 Å². The maximum absolute atomic E-state index is 13.6. The Hall–Kier alpha value is -2.90. The van der Waals surface area contributed by atoms with Crippen LogP contribution in [0.5, 0.6) is 5.75 Å². The molecular formula is C26H29N3O3S. The summed E-state index contributed by atoms with van der Waals surface area (Å²) in [4.78, 5) is 2.81. The molecule has 5 rings (SSSR count). The number of aromatic amines is 1. The van der Waals surface area contributed by atoms with Gasteiger partial charge in [-0.25, -0.2) is 8.42 Å². The molecule has 1 aliphatic heterocycles. The van der Waals surface area contributed by atoms with Crippen LogP contribution < -0.4 is 4.74 Å². The Morgan fingerprint density at radius 2 is 1.73 bits per heavy atom. The summed E-state index contributed by atoms with van der Waals surface area (Å²) in [5.74, 6) is 0.663. The number of nitrogens with one attached hydrogen (secondary N) is 1. The molecule has 0 saturated carbocycles. The second kappa shape index (κ2) is 9.53. The number of sulfone groups is 1. The van der Waals surface area contributed by atoms with Gasteiger partial charge < -0.3 is 9.64 Å². The first-order valence-electron chi connectivity index (χ1n) is 11.7. The molecule has 6 nitrogen and oxygen atoms in total. The molecule has 33 heavy (non-hydrogen) atoms. The van der Waals surface area contributed by atoms with Crippen LogP contribution in [0.25, 0.3) is 21.7 Å². The summed E-state index contributed by atoms with van der Waals surface area (Å²) in [6.45, 7) is 4.16. The molecule has 0 atom stereocenters. The molecule has 172 valence electrons. The molecule has 0 bridgehead atoms. The van der Waals surface area contributed by atoms with Gasteiger partial charge in [0, 0.05) is 10.8 Å². The molecule has 2 heterocycles. The molecule has 0 aliphatic carbocycles. The average Bonchev–Trinajstić information content (AvgIpc) is 3.28. The third-order valence-corrected chi connectivity index (χ3v) is 8.17.